The van der Waals surface area contributed by atoms with Crippen molar-refractivity contribution in [2.24, 2.45) is 0 Å². The number of aromatic nitrogens is 1. The maximum absolute atomic E-state index is 10.5. The van der Waals surface area contributed by atoms with Gasteiger partial charge in [-0.2, -0.15) is 5.26 Å². The van der Waals surface area contributed by atoms with Gasteiger partial charge in [0.1, 0.15) is 17.3 Å². The minimum Gasteiger partial charge on any atom is -0.366 e. The third kappa shape index (κ3) is 1.79. The SMILES string of the molecule is N#Cc1c(-c2ccc([N+](=O)[O-])cc2)noc1N. The number of nitriles is 1. The summed E-state index contributed by atoms with van der Waals surface area (Å²) in [5.41, 5.74) is 6.31. The summed E-state index contributed by atoms with van der Waals surface area (Å²) in [5, 5.41) is 23.0. The van der Waals surface area contributed by atoms with Crippen LogP contribution >= 0.6 is 0 Å². The minimum atomic E-state index is -0.508. The fourth-order valence-corrected chi connectivity index (χ4v) is 1.35. The molecule has 2 rings (SSSR count). The molecule has 7 nitrogen and oxygen atoms in total. The van der Waals surface area contributed by atoms with E-state index in [2.05, 4.69) is 5.16 Å². The fourth-order valence-electron chi connectivity index (χ4n) is 1.35. The van der Waals surface area contributed by atoms with Crippen LogP contribution in [0.3, 0.4) is 0 Å². The number of non-ortho nitro benzene ring substituents is 1. The van der Waals surface area contributed by atoms with Crippen molar-refractivity contribution in [1.29, 1.82) is 5.26 Å². The molecule has 84 valence electrons. The normalized spacial score (nSPS) is 9.82. The van der Waals surface area contributed by atoms with Gasteiger partial charge in [-0.3, -0.25) is 10.1 Å². The Hall–Kier alpha value is -2.88. The van der Waals surface area contributed by atoms with E-state index >= 15 is 0 Å². The van der Waals surface area contributed by atoms with Crippen molar-refractivity contribution in [2.75, 3.05) is 5.73 Å². The fraction of sp³-hybridized carbons (Fsp3) is 0. The lowest BCUT2D eigenvalue weighted by Crippen LogP contribution is -1.89. The lowest BCUT2D eigenvalue weighted by atomic mass is 10.1. The molecule has 0 unspecified atom stereocenters. The van der Waals surface area contributed by atoms with E-state index in [9.17, 15) is 10.1 Å². The minimum absolute atomic E-state index is 0.0382. The van der Waals surface area contributed by atoms with Crippen LogP contribution < -0.4 is 5.73 Å². The van der Waals surface area contributed by atoms with Crippen molar-refractivity contribution in [3.63, 3.8) is 0 Å². The molecule has 0 aliphatic rings. The van der Waals surface area contributed by atoms with E-state index in [0.29, 0.717) is 5.56 Å². The first-order valence-corrected chi connectivity index (χ1v) is 4.53. The van der Waals surface area contributed by atoms with Crippen molar-refractivity contribution < 1.29 is 9.45 Å². The van der Waals surface area contributed by atoms with Crippen molar-refractivity contribution in [2.45, 2.75) is 0 Å². The van der Waals surface area contributed by atoms with Crippen LogP contribution in [-0.4, -0.2) is 10.1 Å². The molecule has 0 aliphatic heterocycles. The Morgan fingerprint density at radius 3 is 2.59 bits per heavy atom. The topological polar surface area (TPSA) is 119 Å². The Balaban J connectivity index is 2.47. The molecular weight excluding hydrogens is 224 g/mol. The average molecular weight is 230 g/mol. The molecule has 0 atom stereocenters. The van der Waals surface area contributed by atoms with Gasteiger partial charge in [-0.1, -0.05) is 5.16 Å². The Morgan fingerprint density at radius 2 is 2.06 bits per heavy atom. The molecule has 0 radical (unpaired) electrons. The van der Waals surface area contributed by atoms with E-state index in [0.717, 1.165) is 0 Å². The molecule has 0 saturated heterocycles. The van der Waals surface area contributed by atoms with Gasteiger partial charge in [0.2, 0.25) is 5.88 Å². The van der Waals surface area contributed by atoms with Gasteiger partial charge in [-0.15, -0.1) is 0 Å². The van der Waals surface area contributed by atoms with Gasteiger partial charge in [0.15, 0.2) is 0 Å². The molecule has 0 saturated carbocycles. The average Bonchev–Trinajstić information content (AvgIpc) is 2.70. The van der Waals surface area contributed by atoms with E-state index in [-0.39, 0.29) is 22.8 Å². The van der Waals surface area contributed by atoms with Crippen LogP contribution in [0.2, 0.25) is 0 Å². The van der Waals surface area contributed by atoms with Gasteiger partial charge in [-0.25, -0.2) is 0 Å². The highest BCUT2D eigenvalue weighted by Gasteiger charge is 2.15. The number of hydrogen-bond donors (Lipinski definition) is 1. The lowest BCUT2D eigenvalue weighted by Gasteiger charge is -1.95. The molecule has 1 heterocycles. The summed E-state index contributed by atoms with van der Waals surface area (Å²) in [6.45, 7) is 0. The summed E-state index contributed by atoms with van der Waals surface area (Å²) in [6.07, 6.45) is 0. The predicted octanol–water partition coefficient (Wildman–Crippen LogP) is 1.70. The van der Waals surface area contributed by atoms with E-state index in [1.807, 2.05) is 6.07 Å². The molecule has 1 aromatic carbocycles. The summed E-state index contributed by atoms with van der Waals surface area (Å²) in [7, 11) is 0. The molecule has 2 N–H and O–H groups in total. The largest absolute Gasteiger partial charge is 0.366 e. The quantitative estimate of drug-likeness (QED) is 0.619. The second kappa shape index (κ2) is 3.94. The Labute approximate surface area is 95.2 Å². The third-order valence-electron chi connectivity index (χ3n) is 2.18. The van der Waals surface area contributed by atoms with Gasteiger partial charge >= 0.3 is 0 Å². The van der Waals surface area contributed by atoms with Crippen molar-refractivity contribution >= 4 is 11.6 Å². The number of anilines is 1. The van der Waals surface area contributed by atoms with Crippen molar-refractivity contribution in [3.8, 4) is 17.3 Å². The summed E-state index contributed by atoms with van der Waals surface area (Å²) in [6, 6.07) is 7.47. The number of benzene rings is 1. The van der Waals surface area contributed by atoms with Crippen LogP contribution in [0.4, 0.5) is 11.6 Å². The van der Waals surface area contributed by atoms with E-state index in [1.54, 1.807) is 0 Å². The molecule has 7 heteroatoms. The zero-order valence-corrected chi connectivity index (χ0v) is 8.45. The van der Waals surface area contributed by atoms with E-state index < -0.39 is 4.92 Å². The first-order chi connectivity index (χ1) is 8.13. The van der Waals surface area contributed by atoms with Crippen LogP contribution in [0.1, 0.15) is 5.56 Å². The maximum Gasteiger partial charge on any atom is 0.269 e. The van der Waals surface area contributed by atoms with Crippen LogP contribution in [0.25, 0.3) is 11.3 Å². The smallest absolute Gasteiger partial charge is 0.269 e. The standard InChI is InChI=1S/C10H6N4O3/c11-5-8-9(13-17-10(8)12)6-1-3-7(4-2-6)14(15)16/h1-4H,12H2. The highest BCUT2D eigenvalue weighted by molar-refractivity contribution is 5.71. The molecule has 0 aliphatic carbocycles. The summed E-state index contributed by atoms with van der Waals surface area (Å²) in [4.78, 5) is 9.97. The second-order valence-corrected chi connectivity index (χ2v) is 3.19. The van der Waals surface area contributed by atoms with Gasteiger partial charge in [0.25, 0.3) is 5.69 Å². The lowest BCUT2D eigenvalue weighted by molar-refractivity contribution is -0.384. The number of rotatable bonds is 2. The number of hydrogen-bond acceptors (Lipinski definition) is 6. The van der Waals surface area contributed by atoms with Gasteiger partial charge in [0.05, 0.1) is 4.92 Å². The van der Waals surface area contributed by atoms with Gasteiger partial charge < -0.3 is 10.3 Å². The molecule has 2 aromatic rings. The van der Waals surface area contributed by atoms with Gasteiger partial charge in [-0.05, 0) is 12.1 Å². The van der Waals surface area contributed by atoms with Crippen molar-refractivity contribution in [1.82, 2.24) is 5.16 Å². The molecule has 17 heavy (non-hydrogen) atoms. The molecule has 0 spiro atoms. The van der Waals surface area contributed by atoms with E-state index in [4.69, 9.17) is 15.5 Å². The summed E-state index contributed by atoms with van der Waals surface area (Å²) in [5.74, 6) is -0.0687. The Morgan fingerprint density at radius 1 is 1.41 bits per heavy atom. The zero-order chi connectivity index (χ0) is 12.4. The Kier molecular flexibility index (Phi) is 2.46. The Bertz CT molecular complexity index is 609. The highest BCUT2D eigenvalue weighted by atomic mass is 16.6. The summed E-state index contributed by atoms with van der Waals surface area (Å²) >= 11 is 0. The monoisotopic (exact) mass is 230 g/mol. The molecule has 0 bridgehead atoms. The number of nitro benzene ring substituents is 1. The van der Waals surface area contributed by atoms with E-state index in [1.165, 1.54) is 24.3 Å². The van der Waals surface area contributed by atoms with Crippen LogP contribution in [0.5, 0.6) is 0 Å². The zero-order valence-electron chi connectivity index (χ0n) is 8.45. The molecule has 1 aromatic heterocycles. The highest BCUT2D eigenvalue weighted by Crippen LogP contribution is 2.27. The van der Waals surface area contributed by atoms with Gasteiger partial charge in [0, 0.05) is 17.7 Å². The number of nitrogens with zero attached hydrogens (tertiary/aromatic N) is 3. The first-order valence-electron chi connectivity index (χ1n) is 4.53. The molecule has 0 fully saturated rings. The maximum atomic E-state index is 10.5. The van der Waals surface area contributed by atoms with Crippen LogP contribution in [-0.2, 0) is 0 Å². The number of nitro groups is 1. The van der Waals surface area contributed by atoms with Crippen LogP contribution in [0, 0.1) is 21.4 Å². The first kappa shape index (κ1) is 10.6. The van der Waals surface area contributed by atoms with Crippen LogP contribution in [0.15, 0.2) is 28.8 Å². The summed E-state index contributed by atoms with van der Waals surface area (Å²) < 4.78 is 4.69. The third-order valence-corrected chi connectivity index (χ3v) is 2.18. The number of nitrogen functional groups attached to an aromatic ring is 1. The molecule has 0 amide bonds. The molecular formula is C10H6N4O3. The number of nitrogens with two attached hydrogens (primary N) is 1. The predicted molar refractivity (Wildman–Crippen MR) is 57.7 cm³/mol. The van der Waals surface area contributed by atoms with Crippen molar-refractivity contribution in [3.05, 3.63) is 39.9 Å². The second-order valence-electron chi connectivity index (χ2n) is 3.19.